The summed E-state index contributed by atoms with van der Waals surface area (Å²) < 4.78 is 5.03. The van der Waals surface area contributed by atoms with E-state index in [4.69, 9.17) is 4.74 Å². The molecule has 0 saturated carbocycles. The van der Waals surface area contributed by atoms with Gasteiger partial charge in [-0.1, -0.05) is 48.5 Å². The molecule has 6 heteroatoms. The van der Waals surface area contributed by atoms with Gasteiger partial charge < -0.3 is 15.4 Å². The smallest absolute Gasteiger partial charge is 0.319 e. The number of nitrogens with zero attached hydrogens (tertiary/aromatic N) is 1. The zero-order valence-electron chi connectivity index (χ0n) is 15.0. The number of urea groups is 1. The molecule has 3 rings (SSSR count). The van der Waals surface area contributed by atoms with Crippen molar-refractivity contribution in [2.45, 2.75) is 19.4 Å². The Labute approximate surface area is 157 Å². The van der Waals surface area contributed by atoms with Gasteiger partial charge in [-0.15, -0.1) is 0 Å². The van der Waals surface area contributed by atoms with Crippen LogP contribution in [0, 0.1) is 0 Å². The molecule has 1 heterocycles. The molecule has 2 N–H and O–H groups in total. The molecule has 2 amide bonds. The summed E-state index contributed by atoms with van der Waals surface area (Å²) in [6.07, 6.45) is 1.73. The average Bonchev–Trinajstić information content (AvgIpc) is 2.69. The maximum Gasteiger partial charge on any atom is 0.319 e. The average molecular weight is 363 g/mol. The minimum Gasteiger partial charge on any atom is -0.466 e. The van der Waals surface area contributed by atoms with Gasteiger partial charge >= 0.3 is 12.0 Å². The maximum atomic E-state index is 12.6. The van der Waals surface area contributed by atoms with Gasteiger partial charge in [0.05, 0.1) is 30.3 Å². The molecule has 1 aromatic heterocycles. The van der Waals surface area contributed by atoms with Crippen LogP contribution in [0.3, 0.4) is 0 Å². The van der Waals surface area contributed by atoms with Gasteiger partial charge in [0.25, 0.3) is 0 Å². The van der Waals surface area contributed by atoms with Crippen molar-refractivity contribution < 1.29 is 14.3 Å². The van der Waals surface area contributed by atoms with E-state index >= 15 is 0 Å². The number of esters is 1. The molecular weight excluding hydrogens is 342 g/mol. The minimum atomic E-state index is -0.492. The Bertz CT molecular complexity index is 923. The number of hydrogen-bond donors (Lipinski definition) is 2. The van der Waals surface area contributed by atoms with Crippen molar-refractivity contribution in [3.8, 4) is 0 Å². The van der Waals surface area contributed by atoms with E-state index in [2.05, 4.69) is 15.6 Å². The molecule has 6 nitrogen and oxygen atoms in total. The van der Waals surface area contributed by atoms with E-state index in [1.54, 1.807) is 19.2 Å². The topological polar surface area (TPSA) is 80.3 Å². The summed E-state index contributed by atoms with van der Waals surface area (Å²) in [4.78, 5) is 28.8. The van der Waals surface area contributed by atoms with Crippen LogP contribution in [0.15, 0.2) is 66.9 Å². The molecule has 138 valence electrons. The first-order valence-electron chi connectivity index (χ1n) is 8.79. The van der Waals surface area contributed by atoms with Crippen LogP contribution >= 0.6 is 0 Å². The molecular formula is C21H21N3O3. The van der Waals surface area contributed by atoms with Crippen molar-refractivity contribution in [2.24, 2.45) is 0 Å². The van der Waals surface area contributed by atoms with Crippen molar-refractivity contribution in [1.82, 2.24) is 10.3 Å². The zero-order chi connectivity index (χ0) is 19.1. The van der Waals surface area contributed by atoms with Crippen LogP contribution in [0.1, 0.15) is 24.9 Å². The molecule has 0 aliphatic rings. The van der Waals surface area contributed by atoms with Crippen LogP contribution in [0.4, 0.5) is 10.5 Å². The number of carbonyl (C=O) groups is 2. The van der Waals surface area contributed by atoms with Gasteiger partial charge in [-0.05, 0) is 24.6 Å². The number of pyridine rings is 1. The van der Waals surface area contributed by atoms with Crippen LogP contribution in [-0.2, 0) is 9.53 Å². The molecule has 0 radical (unpaired) electrons. The predicted octanol–water partition coefficient (Wildman–Crippen LogP) is 4.05. The zero-order valence-corrected chi connectivity index (χ0v) is 15.0. The van der Waals surface area contributed by atoms with Crippen molar-refractivity contribution >= 4 is 28.6 Å². The van der Waals surface area contributed by atoms with Crippen molar-refractivity contribution in [3.63, 3.8) is 0 Å². The molecule has 2 aromatic carbocycles. The van der Waals surface area contributed by atoms with Crippen LogP contribution in [0.25, 0.3) is 10.9 Å². The largest absolute Gasteiger partial charge is 0.466 e. The van der Waals surface area contributed by atoms with E-state index in [1.165, 1.54) is 0 Å². The second-order valence-electron chi connectivity index (χ2n) is 5.95. The number of carbonyl (C=O) groups excluding carboxylic acids is 2. The minimum absolute atomic E-state index is 0.0546. The normalized spacial score (nSPS) is 11.6. The van der Waals surface area contributed by atoms with E-state index in [0.717, 1.165) is 10.9 Å². The van der Waals surface area contributed by atoms with Crippen molar-refractivity contribution in [2.75, 3.05) is 11.9 Å². The third-order valence-corrected chi connectivity index (χ3v) is 4.06. The summed E-state index contributed by atoms with van der Waals surface area (Å²) in [6.45, 7) is 2.05. The summed E-state index contributed by atoms with van der Waals surface area (Å²) in [5, 5.41) is 6.61. The second-order valence-corrected chi connectivity index (χ2v) is 5.95. The highest BCUT2D eigenvalue weighted by molar-refractivity contribution is 5.99. The standard InChI is InChI=1S/C21H21N3O3/c1-2-27-19(25)14-18(15-8-4-3-5-9-15)24-21(26)23-17-12-6-10-16-11-7-13-22-20(16)17/h3-13,18H,2,14H2,1H3,(H2,23,24,26)/t18-/m1/s1. The molecule has 0 aliphatic carbocycles. The molecule has 1 atom stereocenters. The molecule has 0 bridgehead atoms. The van der Waals surface area contributed by atoms with Gasteiger partial charge in [0.2, 0.25) is 0 Å². The van der Waals surface area contributed by atoms with Gasteiger partial charge in [0.15, 0.2) is 0 Å². The van der Waals surface area contributed by atoms with Crippen LogP contribution < -0.4 is 10.6 Å². The van der Waals surface area contributed by atoms with E-state index < -0.39 is 12.1 Å². The highest BCUT2D eigenvalue weighted by atomic mass is 16.5. The fourth-order valence-electron chi connectivity index (χ4n) is 2.85. The van der Waals surface area contributed by atoms with Gasteiger partial charge in [0.1, 0.15) is 0 Å². The fraction of sp³-hybridized carbons (Fsp3) is 0.190. The maximum absolute atomic E-state index is 12.6. The Hall–Kier alpha value is -3.41. The van der Waals surface area contributed by atoms with Crippen LogP contribution in [0.5, 0.6) is 0 Å². The molecule has 0 unspecified atom stereocenters. The number of nitrogens with one attached hydrogen (secondary N) is 2. The third kappa shape index (κ3) is 4.82. The lowest BCUT2D eigenvalue weighted by Crippen LogP contribution is -2.34. The van der Waals surface area contributed by atoms with E-state index in [0.29, 0.717) is 17.8 Å². The summed E-state index contributed by atoms with van der Waals surface area (Å²) in [5.41, 5.74) is 2.14. The molecule has 0 aliphatic heterocycles. The van der Waals surface area contributed by atoms with E-state index in [1.807, 2.05) is 54.6 Å². The van der Waals surface area contributed by atoms with Gasteiger partial charge in [0, 0.05) is 11.6 Å². The molecule has 0 spiro atoms. The van der Waals surface area contributed by atoms with Crippen molar-refractivity contribution in [3.05, 3.63) is 72.4 Å². The van der Waals surface area contributed by atoms with Crippen molar-refractivity contribution in [1.29, 1.82) is 0 Å². The van der Waals surface area contributed by atoms with E-state index in [-0.39, 0.29) is 12.4 Å². The van der Waals surface area contributed by atoms with Gasteiger partial charge in [-0.3, -0.25) is 9.78 Å². The third-order valence-electron chi connectivity index (χ3n) is 4.06. The fourth-order valence-corrected chi connectivity index (χ4v) is 2.85. The molecule has 0 saturated heterocycles. The number of fused-ring (bicyclic) bond motifs is 1. The number of benzene rings is 2. The molecule has 3 aromatic rings. The first-order chi connectivity index (χ1) is 13.2. The highest BCUT2D eigenvalue weighted by Crippen LogP contribution is 2.22. The first kappa shape index (κ1) is 18.4. The van der Waals surface area contributed by atoms with Crippen LogP contribution in [-0.4, -0.2) is 23.6 Å². The molecule has 0 fully saturated rings. The quantitative estimate of drug-likeness (QED) is 0.648. The number of anilines is 1. The predicted molar refractivity (Wildman–Crippen MR) is 104 cm³/mol. The van der Waals surface area contributed by atoms with Gasteiger partial charge in [-0.25, -0.2) is 4.79 Å². The summed E-state index contributed by atoms with van der Waals surface area (Å²) in [5.74, 6) is -0.363. The Morgan fingerprint density at radius 3 is 2.59 bits per heavy atom. The lowest BCUT2D eigenvalue weighted by Gasteiger charge is -2.19. The monoisotopic (exact) mass is 363 g/mol. The van der Waals surface area contributed by atoms with Crippen LogP contribution in [0.2, 0.25) is 0 Å². The number of rotatable bonds is 6. The Kier molecular flexibility index (Phi) is 5.99. The summed E-state index contributed by atoms with van der Waals surface area (Å²) in [7, 11) is 0. The highest BCUT2D eigenvalue weighted by Gasteiger charge is 2.19. The lowest BCUT2D eigenvalue weighted by atomic mass is 10.0. The first-order valence-corrected chi connectivity index (χ1v) is 8.79. The summed E-state index contributed by atoms with van der Waals surface area (Å²) in [6, 6.07) is 17.8. The number of para-hydroxylation sites is 1. The molecule has 27 heavy (non-hydrogen) atoms. The summed E-state index contributed by atoms with van der Waals surface area (Å²) >= 11 is 0. The number of hydrogen-bond acceptors (Lipinski definition) is 4. The van der Waals surface area contributed by atoms with E-state index in [9.17, 15) is 9.59 Å². The second kappa shape index (κ2) is 8.80. The Balaban J connectivity index is 1.76. The Morgan fingerprint density at radius 1 is 1.04 bits per heavy atom. The number of ether oxygens (including phenoxy) is 1. The SMILES string of the molecule is CCOC(=O)C[C@@H](NC(=O)Nc1cccc2cccnc12)c1ccccc1. The van der Waals surface area contributed by atoms with Gasteiger partial charge in [-0.2, -0.15) is 0 Å². The lowest BCUT2D eigenvalue weighted by molar-refractivity contribution is -0.143. The number of aromatic nitrogens is 1. The number of amides is 2. The Morgan fingerprint density at radius 2 is 1.81 bits per heavy atom.